The zero-order valence-corrected chi connectivity index (χ0v) is 18.6. The van der Waals surface area contributed by atoms with Gasteiger partial charge in [-0.05, 0) is 53.6 Å². The fraction of sp³-hybridized carbons (Fsp3) is 0.286. The topological polar surface area (TPSA) is 75.2 Å². The third-order valence-electron chi connectivity index (χ3n) is 6.53. The SMILES string of the molecule is O=C(O)Cc1ccc2c(C3CCCCC3)c(-c3cccnc3OCc3ccccc3)[nH]c2c1. The van der Waals surface area contributed by atoms with Crippen LogP contribution >= 0.6 is 0 Å². The van der Waals surface area contributed by atoms with Gasteiger partial charge in [0.15, 0.2) is 0 Å². The van der Waals surface area contributed by atoms with Crippen LogP contribution in [-0.2, 0) is 17.8 Å². The Kier molecular flexibility index (Phi) is 6.11. The second kappa shape index (κ2) is 9.49. The lowest BCUT2D eigenvalue weighted by Gasteiger charge is -2.23. The minimum absolute atomic E-state index is 0.0153. The second-order valence-corrected chi connectivity index (χ2v) is 8.83. The molecule has 0 bridgehead atoms. The van der Waals surface area contributed by atoms with E-state index in [2.05, 4.69) is 22.1 Å². The maximum absolute atomic E-state index is 11.2. The molecule has 0 saturated heterocycles. The lowest BCUT2D eigenvalue weighted by Crippen LogP contribution is -2.06. The van der Waals surface area contributed by atoms with E-state index in [-0.39, 0.29) is 6.42 Å². The fourth-order valence-electron chi connectivity index (χ4n) is 5.00. The van der Waals surface area contributed by atoms with Gasteiger partial charge in [-0.25, -0.2) is 4.98 Å². The molecule has 5 heteroatoms. The molecule has 1 saturated carbocycles. The highest BCUT2D eigenvalue weighted by Gasteiger charge is 2.25. The summed E-state index contributed by atoms with van der Waals surface area (Å²) in [7, 11) is 0. The molecule has 2 aromatic carbocycles. The molecular formula is C28H28N2O3. The van der Waals surface area contributed by atoms with Crippen molar-refractivity contribution in [2.24, 2.45) is 0 Å². The molecule has 2 heterocycles. The molecule has 4 aromatic rings. The quantitative estimate of drug-likeness (QED) is 0.345. The number of fused-ring (bicyclic) bond motifs is 1. The monoisotopic (exact) mass is 440 g/mol. The number of carboxylic acid groups (broad SMARTS) is 1. The van der Waals surface area contributed by atoms with Crippen LogP contribution in [-0.4, -0.2) is 21.0 Å². The number of rotatable bonds is 7. The zero-order valence-electron chi connectivity index (χ0n) is 18.6. The van der Waals surface area contributed by atoms with E-state index in [1.165, 1.54) is 30.2 Å². The van der Waals surface area contributed by atoms with E-state index in [9.17, 15) is 9.90 Å². The molecule has 0 aliphatic heterocycles. The van der Waals surface area contributed by atoms with Gasteiger partial charge in [-0.15, -0.1) is 0 Å². The Hall–Kier alpha value is -3.60. The number of hydrogen-bond acceptors (Lipinski definition) is 3. The normalized spacial score (nSPS) is 14.4. The number of pyridine rings is 1. The molecule has 1 aliphatic rings. The molecule has 5 rings (SSSR count). The molecule has 0 radical (unpaired) electrons. The van der Waals surface area contributed by atoms with Crippen molar-refractivity contribution >= 4 is 16.9 Å². The van der Waals surface area contributed by atoms with E-state index in [0.717, 1.165) is 40.7 Å². The largest absolute Gasteiger partial charge is 0.481 e. The predicted molar refractivity (Wildman–Crippen MR) is 129 cm³/mol. The maximum atomic E-state index is 11.2. The van der Waals surface area contributed by atoms with E-state index in [4.69, 9.17) is 4.74 Å². The van der Waals surface area contributed by atoms with Gasteiger partial charge < -0.3 is 14.8 Å². The first-order valence-corrected chi connectivity index (χ1v) is 11.7. The molecule has 0 amide bonds. The highest BCUT2D eigenvalue weighted by molar-refractivity contribution is 5.93. The summed E-state index contributed by atoms with van der Waals surface area (Å²) in [6.45, 7) is 0.451. The number of nitrogens with one attached hydrogen (secondary N) is 1. The average Bonchev–Trinajstić information content (AvgIpc) is 3.22. The minimum Gasteiger partial charge on any atom is -0.481 e. The van der Waals surface area contributed by atoms with Crippen LogP contribution in [0, 0.1) is 0 Å². The number of hydrogen-bond donors (Lipinski definition) is 2. The van der Waals surface area contributed by atoms with E-state index < -0.39 is 5.97 Å². The van der Waals surface area contributed by atoms with Gasteiger partial charge in [0.25, 0.3) is 0 Å². The molecule has 2 aromatic heterocycles. The van der Waals surface area contributed by atoms with Crippen molar-refractivity contribution in [2.45, 2.75) is 51.0 Å². The lowest BCUT2D eigenvalue weighted by atomic mass is 9.82. The fourth-order valence-corrected chi connectivity index (χ4v) is 5.00. The van der Waals surface area contributed by atoms with Gasteiger partial charge in [-0.3, -0.25) is 4.79 Å². The summed E-state index contributed by atoms with van der Waals surface area (Å²) in [5, 5.41) is 10.4. The van der Waals surface area contributed by atoms with Gasteiger partial charge in [-0.2, -0.15) is 0 Å². The molecule has 1 aliphatic carbocycles. The molecule has 1 fully saturated rings. The van der Waals surface area contributed by atoms with Crippen molar-refractivity contribution < 1.29 is 14.6 Å². The van der Waals surface area contributed by atoms with Crippen molar-refractivity contribution in [3.8, 4) is 17.1 Å². The summed E-state index contributed by atoms with van der Waals surface area (Å²) in [6, 6.07) is 20.1. The van der Waals surface area contributed by atoms with Crippen LogP contribution < -0.4 is 4.74 Å². The standard InChI is InChI=1S/C28H28N2O3/c31-25(32)17-20-13-14-22-24(16-20)30-27(26(22)21-10-5-2-6-11-21)23-12-7-15-29-28(23)33-18-19-8-3-1-4-9-19/h1,3-4,7-9,12-16,21,30H,2,5-6,10-11,17-18H2,(H,31,32). The third kappa shape index (κ3) is 4.63. The van der Waals surface area contributed by atoms with Crippen LogP contribution in [0.5, 0.6) is 5.88 Å². The number of ether oxygens (including phenoxy) is 1. The number of aromatic nitrogens is 2. The van der Waals surface area contributed by atoms with Crippen molar-refractivity contribution in [2.75, 3.05) is 0 Å². The zero-order chi connectivity index (χ0) is 22.6. The van der Waals surface area contributed by atoms with Crippen LogP contribution in [0.25, 0.3) is 22.2 Å². The molecule has 168 valence electrons. The first-order valence-electron chi connectivity index (χ1n) is 11.7. The molecule has 33 heavy (non-hydrogen) atoms. The van der Waals surface area contributed by atoms with Crippen molar-refractivity contribution in [1.29, 1.82) is 0 Å². The van der Waals surface area contributed by atoms with E-state index in [1.54, 1.807) is 6.20 Å². The highest BCUT2D eigenvalue weighted by atomic mass is 16.5. The summed E-state index contributed by atoms with van der Waals surface area (Å²) in [6.07, 6.45) is 7.86. The van der Waals surface area contributed by atoms with Crippen molar-refractivity contribution in [3.63, 3.8) is 0 Å². The van der Waals surface area contributed by atoms with Gasteiger partial charge in [0.2, 0.25) is 5.88 Å². The van der Waals surface area contributed by atoms with Crippen LogP contribution in [0.1, 0.15) is 54.7 Å². The second-order valence-electron chi connectivity index (χ2n) is 8.83. The van der Waals surface area contributed by atoms with Crippen LogP contribution in [0.4, 0.5) is 0 Å². The summed E-state index contributed by atoms with van der Waals surface area (Å²) >= 11 is 0. The first-order chi connectivity index (χ1) is 16.2. The van der Waals surface area contributed by atoms with E-state index in [0.29, 0.717) is 18.4 Å². The molecular weight excluding hydrogens is 412 g/mol. The summed E-state index contributed by atoms with van der Waals surface area (Å²) in [5.74, 6) is 0.253. The average molecular weight is 441 g/mol. The van der Waals surface area contributed by atoms with Gasteiger partial charge in [0, 0.05) is 17.1 Å². The lowest BCUT2D eigenvalue weighted by molar-refractivity contribution is -0.136. The Morgan fingerprint density at radius 3 is 2.61 bits per heavy atom. The smallest absolute Gasteiger partial charge is 0.307 e. The molecule has 0 spiro atoms. The maximum Gasteiger partial charge on any atom is 0.307 e. The van der Waals surface area contributed by atoms with Crippen molar-refractivity contribution in [1.82, 2.24) is 9.97 Å². The summed E-state index contributed by atoms with van der Waals surface area (Å²) in [5.41, 5.74) is 6.16. The number of carboxylic acids is 1. The molecule has 2 N–H and O–H groups in total. The first kappa shape index (κ1) is 21.3. The summed E-state index contributed by atoms with van der Waals surface area (Å²) in [4.78, 5) is 19.4. The number of carbonyl (C=O) groups is 1. The minimum atomic E-state index is -0.822. The van der Waals surface area contributed by atoms with Crippen molar-refractivity contribution in [3.05, 3.63) is 83.6 Å². The van der Waals surface area contributed by atoms with Gasteiger partial charge in [0.1, 0.15) is 6.61 Å². The van der Waals surface area contributed by atoms with Crippen LogP contribution in [0.15, 0.2) is 66.9 Å². The third-order valence-corrected chi connectivity index (χ3v) is 6.53. The van der Waals surface area contributed by atoms with Crippen LogP contribution in [0.3, 0.4) is 0 Å². The number of aliphatic carboxylic acids is 1. The number of H-pyrrole nitrogens is 1. The number of benzene rings is 2. The highest BCUT2D eigenvalue weighted by Crippen LogP contribution is 2.44. The van der Waals surface area contributed by atoms with E-state index in [1.807, 2.05) is 48.5 Å². The molecule has 0 atom stereocenters. The Bertz CT molecular complexity index is 1260. The Morgan fingerprint density at radius 2 is 1.82 bits per heavy atom. The van der Waals surface area contributed by atoms with Gasteiger partial charge >= 0.3 is 5.97 Å². The number of nitrogens with zero attached hydrogens (tertiary/aromatic N) is 1. The van der Waals surface area contributed by atoms with Crippen LogP contribution in [0.2, 0.25) is 0 Å². The van der Waals surface area contributed by atoms with Gasteiger partial charge in [0.05, 0.1) is 17.7 Å². The Balaban J connectivity index is 1.58. The Labute approximate surface area is 193 Å². The Morgan fingerprint density at radius 1 is 1.00 bits per heavy atom. The summed E-state index contributed by atoms with van der Waals surface area (Å²) < 4.78 is 6.18. The molecule has 0 unspecified atom stereocenters. The molecule has 5 nitrogen and oxygen atoms in total. The van der Waals surface area contributed by atoms with Gasteiger partial charge in [-0.1, -0.05) is 61.7 Å². The number of aromatic amines is 1. The predicted octanol–water partition coefficient (Wildman–Crippen LogP) is 6.48. The van der Waals surface area contributed by atoms with E-state index >= 15 is 0 Å².